The van der Waals surface area contributed by atoms with E-state index in [1.165, 1.54) is 5.56 Å². The van der Waals surface area contributed by atoms with Crippen LogP contribution in [0.1, 0.15) is 11.1 Å². The third kappa shape index (κ3) is 4.19. The first-order chi connectivity index (χ1) is 10.6. The van der Waals surface area contributed by atoms with Gasteiger partial charge in [-0.1, -0.05) is 23.6 Å². The summed E-state index contributed by atoms with van der Waals surface area (Å²) in [6, 6.07) is 12.2. The SMILES string of the molecule is C#CCOc1c(Br)cc(CNc2ccc(C)cc2)cc1OC. The molecule has 114 valence electrons. The van der Waals surface area contributed by atoms with Crippen LogP contribution in [0.4, 0.5) is 5.69 Å². The van der Waals surface area contributed by atoms with Crippen molar-refractivity contribution < 1.29 is 9.47 Å². The molecule has 0 heterocycles. The molecule has 22 heavy (non-hydrogen) atoms. The number of terminal acetylenes is 1. The molecule has 0 spiro atoms. The first-order valence-electron chi connectivity index (χ1n) is 6.87. The van der Waals surface area contributed by atoms with Gasteiger partial charge in [0.15, 0.2) is 11.5 Å². The van der Waals surface area contributed by atoms with Gasteiger partial charge in [-0.2, -0.15) is 0 Å². The Bertz CT molecular complexity index is 675. The Balaban J connectivity index is 2.13. The van der Waals surface area contributed by atoms with Crippen LogP contribution in [-0.2, 0) is 6.54 Å². The highest BCUT2D eigenvalue weighted by Crippen LogP contribution is 2.36. The number of methoxy groups -OCH3 is 1. The zero-order valence-electron chi connectivity index (χ0n) is 12.7. The van der Waals surface area contributed by atoms with E-state index in [-0.39, 0.29) is 6.61 Å². The van der Waals surface area contributed by atoms with Gasteiger partial charge in [0.25, 0.3) is 0 Å². The number of hydrogen-bond acceptors (Lipinski definition) is 3. The Morgan fingerprint density at radius 3 is 2.59 bits per heavy atom. The number of halogens is 1. The lowest BCUT2D eigenvalue weighted by atomic mass is 10.2. The molecule has 0 saturated carbocycles. The van der Waals surface area contributed by atoms with Gasteiger partial charge in [-0.05, 0) is 52.7 Å². The molecule has 0 saturated heterocycles. The van der Waals surface area contributed by atoms with E-state index < -0.39 is 0 Å². The second-order valence-electron chi connectivity index (χ2n) is 4.82. The topological polar surface area (TPSA) is 30.5 Å². The monoisotopic (exact) mass is 359 g/mol. The van der Waals surface area contributed by atoms with Crippen LogP contribution in [0.25, 0.3) is 0 Å². The van der Waals surface area contributed by atoms with Crippen LogP contribution >= 0.6 is 15.9 Å². The van der Waals surface area contributed by atoms with E-state index in [0.29, 0.717) is 18.0 Å². The Hall–Kier alpha value is -2.12. The number of aryl methyl sites for hydroxylation is 1. The van der Waals surface area contributed by atoms with Gasteiger partial charge in [0.05, 0.1) is 11.6 Å². The molecule has 0 aliphatic carbocycles. The molecule has 0 unspecified atom stereocenters. The number of nitrogens with one attached hydrogen (secondary N) is 1. The number of anilines is 1. The van der Waals surface area contributed by atoms with Crippen LogP contribution in [0.2, 0.25) is 0 Å². The van der Waals surface area contributed by atoms with E-state index in [0.717, 1.165) is 15.7 Å². The minimum Gasteiger partial charge on any atom is -0.493 e. The van der Waals surface area contributed by atoms with Gasteiger partial charge in [0.2, 0.25) is 0 Å². The predicted octanol–water partition coefficient (Wildman–Crippen LogP) is 4.39. The Kier molecular flexibility index (Phi) is 5.74. The number of ether oxygens (including phenoxy) is 2. The van der Waals surface area contributed by atoms with E-state index in [9.17, 15) is 0 Å². The maximum Gasteiger partial charge on any atom is 0.176 e. The third-order valence-corrected chi connectivity index (χ3v) is 3.73. The Morgan fingerprint density at radius 1 is 1.23 bits per heavy atom. The maximum atomic E-state index is 5.51. The van der Waals surface area contributed by atoms with Crippen molar-refractivity contribution in [2.24, 2.45) is 0 Å². The van der Waals surface area contributed by atoms with Gasteiger partial charge in [-0.25, -0.2) is 0 Å². The molecule has 0 aromatic heterocycles. The summed E-state index contributed by atoms with van der Waals surface area (Å²) in [6.45, 7) is 2.96. The zero-order valence-corrected chi connectivity index (χ0v) is 14.2. The lowest BCUT2D eigenvalue weighted by Crippen LogP contribution is -2.02. The molecular weight excluding hydrogens is 342 g/mol. The fourth-order valence-electron chi connectivity index (χ4n) is 2.00. The summed E-state index contributed by atoms with van der Waals surface area (Å²) in [4.78, 5) is 0. The highest BCUT2D eigenvalue weighted by Gasteiger charge is 2.11. The quantitative estimate of drug-likeness (QED) is 0.775. The van der Waals surface area contributed by atoms with Crippen molar-refractivity contribution in [1.82, 2.24) is 0 Å². The summed E-state index contributed by atoms with van der Waals surface area (Å²) in [7, 11) is 1.61. The molecule has 0 amide bonds. The van der Waals surface area contributed by atoms with Crippen LogP contribution in [0, 0.1) is 19.3 Å². The van der Waals surface area contributed by atoms with Gasteiger partial charge < -0.3 is 14.8 Å². The number of benzene rings is 2. The highest BCUT2D eigenvalue weighted by atomic mass is 79.9. The summed E-state index contributed by atoms with van der Waals surface area (Å²) in [5, 5.41) is 3.38. The second kappa shape index (κ2) is 7.77. The van der Waals surface area contributed by atoms with Crippen LogP contribution in [0.3, 0.4) is 0 Å². The second-order valence-corrected chi connectivity index (χ2v) is 5.68. The van der Waals surface area contributed by atoms with E-state index in [1.807, 2.05) is 12.1 Å². The third-order valence-electron chi connectivity index (χ3n) is 3.14. The van der Waals surface area contributed by atoms with E-state index in [4.69, 9.17) is 15.9 Å². The first kappa shape index (κ1) is 16.3. The molecule has 0 aliphatic rings. The van der Waals surface area contributed by atoms with Crippen molar-refractivity contribution in [2.75, 3.05) is 19.0 Å². The summed E-state index contributed by atoms with van der Waals surface area (Å²) >= 11 is 3.50. The van der Waals surface area contributed by atoms with E-state index >= 15 is 0 Å². The lowest BCUT2D eigenvalue weighted by Gasteiger charge is -2.14. The lowest BCUT2D eigenvalue weighted by molar-refractivity contribution is 0.328. The summed E-state index contributed by atoms with van der Waals surface area (Å²) in [6.07, 6.45) is 5.23. The first-order valence-corrected chi connectivity index (χ1v) is 7.66. The average Bonchev–Trinajstić information content (AvgIpc) is 2.53. The normalized spacial score (nSPS) is 9.91. The largest absolute Gasteiger partial charge is 0.493 e. The zero-order chi connectivity index (χ0) is 15.9. The number of rotatable bonds is 6. The molecule has 1 N–H and O–H groups in total. The van der Waals surface area contributed by atoms with Crippen molar-refractivity contribution in [1.29, 1.82) is 0 Å². The Morgan fingerprint density at radius 2 is 1.95 bits per heavy atom. The molecule has 0 fully saturated rings. The molecule has 3 nitrogen and oxygen atoms in total. The van der Waals surface area contributed by atoms with Gasteiger partial charge in [-0.3, -0.25) is 0 Å². The molecule has 0 aliphatic heterocycles. The van der Waals surface area contributed by atoms with Crippen molar-refractivity contribution in [2.45, 2.75) is 13.5 Å². The summed E-state index contributed by atoms with van der Waals surface area (Å²) < 4.78 is 11.7. The van der Waals surface area contributed by atoms with Crippen LogP contribution in [0.5, 0.6) is 11.5 Å². The fourth-order valence-corrected chi connectivity index (χ4v) is 2.61. The van der Waals surface area contributed by atoms with E-state index in [2.05, 4.69) is 58.4 Å². The number of hydrogen-bond donors (Lipinski definition) is 1. The summed E-state index contributed by atoms with van der Waals surface area (Å²) in [5.74, 6) is 3.73. The van der Waals surface area contributed by atoms with Crippen molar-refractivity contribution >= 4 is 21.6 Å². The van der Waals surface area contributed by atoms with Gasteiger partial charge in [-0.15, -0.1) is 6.42 Å². The molecule has 2 aromatic carbocycles. The molecule has 0 radical (unpaired) electrons. The molecule has 2 rings (SSSR count). The van der Waals surface area contributed by atoms with Gasteiger partial charge in [0, 0.05) is 12.2 Å². The highest BCUT2D eigenvalue weighted by molar-refractivity contribution is 9.10. The van der Waals surface area contributed by atoms with Crippen LogP contribution in [-0.4, -0.2) is 13.7 Å². The summed E-state index contributed by atoms with van der Waals surface area (Å²) in [5.41, 5.74) is 3.40. The molecule has 4 heteroatoms. The minimum absolute atomic E-state index is 0.204. The van der Waals surface area contributed by atoms with Crippen molar-refractivity contribution in [3.63, 3.8) is 0 Å². The Labute approximate surface area is 139 Å². The molecular formula is C18H18BrNO2. The van der Waals surface area contributed by atoms with Crippen LogP contribution in [0.15, 0.2) is 40.9 Å². The van der Waals surface area contributed by atoms with E-state index in [1.54, 1.807) is 7.11 Å². The standard InChI is InChI=1S/C18H18BrNO2/c1-4-9-22-18-16(19)10-14(11-17(18)21-3)12-20-15-7-5-13(2)6-8-15/h1,5-8,10-11,20H,9,12H2,2-3H3. The minimum atomic E-state index is 0.204. The van der Waals surface area contributed by atoms with Crippen molar-refractivity contribution in [3.8, 4) is 23.8 Å². The molecule has 0 bridgehead atoms. The smallest absolute Gasteiger partial charge is 0.176 e. The fraction of sp³-hybridized carbons (Fsp3) is 0.222. The van der Waals surface area contributed by atoms with Crippen LogP contribution < -0.4 is 14.8 Å². The maximum absolute atomic E-state index is 5.51. The predicted molar refractivity (Wildman–Crippen MR) is 93.5 cm³/mol. The average molecular weight is 360 g/mol. The van der Waals surface area contributed by atoms with Gasteiger partial charge >= 0.3 is 0 Å². The van der Waals surface area contributed by atoms with Crippen molar-refractivity contribution in [3.05, 3.63) is 52.0 Å². The molecule has 0 atom stereocenters. The van der Waals surface area contributed by atoms with Gasteiger partial charge in [0.1, 0.15) is 6.61 Å². The molecule has 2 aromatic rings.